The normalized spacial score (nSPS) is 10.5. The Hall–Kier alpha value is -2.72. The predicted octanol–water partition coefficient (Wildman–Crippen LogP) is 3.68. The summed E-state index contributed by atoms with van der Waals surface area (Å²) in [4.78, 5) is 22.1. The molecule has 4 aromatic heterocycles. The second-order valence-electron chi connectivity index (χ2n) is 5.21. The molecule has 0 unspecified atom stereocenters. The smallest absolute Gasteiger partial charge is 0.341 e. The molecular weight excluding hydrogens is 484 g/mol. The summed E-state index contributed by atoms with van der Waals surface area (Å²) in [6, 6.07) is 7.26. The number of carbonyl (C=O) groups excluding carboxylic acids is 1. The lowest BCUT2D eigenvalue weighted by Crippen LogP contribution is -2.00. The van der Waals surface area contributed by atoms with Gasteiger partial charge in [0.25, 0.3) is 0 Å². The number of carboxylic acid groups (broad SMARTS) is 1. The lowest BCUT2D eigenvalue weighted by Gasteiger charge is -1.98. The number of carbonyl (C=O) groups is 2. The van der Waals surface area contributed by atoms with Crippen LogP contribution in [0.1, 0.15) is 20.7 Å². The van der Waals surface area contributed by atoms with E-state index in [2.05, 4.69) is 46.8 Å². The zero-order valence-electron chi connectivity index (χ0n) is 13.8. The van der Waals surface area contributed by atoms with Crippen LogP contribution < -0.4 is 0 Å². The number of fused-ring (bicyclic) bond motifs is 2. The van der Waals surface area contributed by atoms with Gasteiger partial charge in [0.15, 0.2) is 0 Å². The third-order valence-electron chi connectivity index (χ3n) is 3.62. The highest BCUT2D eigenvalue weighted by atomic mass is 79.9. The van der Waals surface area contributed by atoms with Gasteiger partial charge in [-0.3, -0.25) is 0 Å². The number of aromatic carboxylic acids is 1. The number of hydrogen-bond acceptors (Lipinski definition) is 5. The maximum Gasteiger partial charge on any atom is 0.341 e. The Morgan fingerprint density at radius 2 is 1.44 bits per heavy atom. The second-order valence-corrected chi connectivity index (χ2v) is 6.92. The number of pyridine rings is 2. The monoisotopic (exact) mass is 494 g/mol. The highest BCUT2D eigenvalue weighted by Crippen LogP contribution is 2.22. The van der Waals surface area contributed by atoms with Gasteiger partial charge in [0.2, 0.25) is 0 Å². The summed E-state index contributed by atoms with van der Waals surface area (Å²) in [6.07, 6.45) is 6.30. The standard InChI is InChI=1S/C9H7BrN2O2.C8H5BrN2O2/c1-14-9(13)6-5-11-12-4-2-3-7(10)8(6)12;9-6-2-1-3-11-7(6)5(4-10-11)8(12)13/h2-5H,1H3;1-4H,(H,12,13). The van der Waals surface area contributed by atoms with Crippen LogP contribution in [-0.2, 0) is 4.74 Å². The Kier molecular flexibility index (Phi) is 5.57. The molecule has 0 fully saturated rings. The van der Waals surface area contributed by atoms with Gasteiger partial charge in [0.1, 0.15) is 11.1 Å². The van der Waals surface area contributed by atoms with Crippen LogP contribution >= 0.6 is 31.9 Å². The molecule has 4 aromatic rings. The summed E-state index contributed by atoms with van der Waals surface area (Å²) in [5.74, 6) is -1.35. The van der Waals surface area contributed by atoms with E-state index in [4.69, 9.17) is 5.11 Å². The molecule has 0 aromatic carbocycles. The third kappa shape index (κ3) is 3.71. The highest BCUT2D eigenvalue weighted by Gasteiger charge is 2.14. The molecule has 8 nitrogen and oxygen atoms in total. The van der Waals surface area contributed by atoms with Crippen LogP contribution in [0.3, 0.4) is 0 Å². The van der Waals surface area contributed by atoms with Crippen molar-refractivity contribution in [1.82, 2.24) is 19.2 Å². The van der Waals surface area contributed by atoms with Crippen LogP contribution in [0, 0.1) is 0 Å². The first-order chi connectivity index (χ1) is 12.9. The van der Waals surface area contributed by atoms with Crippen LogP contribution in [0.5, 0.6) is 0 Å². The molecule has 0 radical (unpaired) electrons. The van der Waals surface area contributed by atoms with Gasteiger partial charge in [-0.05, 0) is 56.1 Å². The Bertz CT molecular complexity index is 1150. The summed E-state index contributed by atoms with van der Waals surface area (Å²) in [5.41, 5.74) is 1.96. The summed E-state index contributed by atoms with van der Waals surface area (Å²) in [7, 11) is 1.35. The van der Waals surface area contributed by atoms with Crippen molar-refractivity contribution in [1.29, 1.82) is 0 Å². The topological polar surface area (TPSA) is 98.2 Å². The van der Waals surface area contributed by atoms with Gasteiger partial charge >= 0.3 is 11.9 Å². The molecule has 0 saturated carbocycles. The van der Waals surface area contributed by atoms with Crippen molar-refractivity contribution in [2.75, 3.05) is 7.11 Å². The van der Waals surface area contributed by atoms with Crippen LogP contribution in [0.15, 0.2) is 58.0 Å². The molecule has 0 bridgehead atoms. The van der Waals surface area contributed by atoms with Gasteiger partial charge < -0.3 is 9.84 Å². The van der Waals surface area contributed by atoms with Crippen molar-refractivity contribution < 1.29 is 19.4 Å². The minimum absolute atomic E-state index is 0.201. The zero-order chi connectivity index (χ0) is 19.6. The largest absolute Gasteiger partial charge is 0.478 e. The van der Waals surface area contributed by atoms with E-state index in [9.17, 15) is 9.59 Å². The quantitative estimate of drug-likeness (QED) is 0.426. The van der Waals surface area contributed by atoms with E-state index in [-0.39, 0.29) is 11.5 Å². The summed E-state index contributed by atoms with van der Waals surface area (Å²) >= 11 is 6.63. The zero-order valence-corrected chi connectivity index (χ0v) is 17.0. The summed E-state index contributed by atoms with van der Waals surface area (Å²) in [5, 5.41) is 16.8. The lowest BCUT2D eigenvalue weighted by molar-refractivity contribution is 0.0602. The number of halogens is 2. The van der Waals surface area contributed by atoms with Gasteiger partial charge in [0, 0.05) is 21.3 Å². The Balaban J connectivity index is 0.000000156. The lowest BCUT2D eigenvalue weighted by atomic mass is 10.3. The Morgan fingerprint density at radius 1 is 0.963 bits per heavy atom. The second kappa shape index (κ2) is 7.89. The number of rotatable bonds is 2. The number of ether oxygens (including phenoxy) is 1. The SMILES string of the molecule is COC(=O)c1cnn2cccc(Br)c12.O=C(O)c1cnn2cccc(Br)c12. The Morgan fingerprint density at radius 3 is 1.93 bits per heavy atom. The van der Waals surface area contributed by atoms with Gasteiger partial charge in [-0.2, -0.15) is 10.2 Å². The van der Waals surface area contributed by atoms with Crippen LogP contribution in [-0.4, -0.2) is 43.4 Å². The molecule has 0 amide bonds. The van der Waals surface area contributed by atoms with Crippen molar-refractivity contribution in [3.05, 3.63) is 69.1 Å². The first-order valence-electron chi connectivity index (χ1n) is 7.49. The molecule has 10 heteroatoms. The number of hydrogen-bond donors (Lipinski definition) is 1. The maximum atomic E-state index is 11.3. The van der Waals surface area contributed by atoms with Crippen molar-refractivity contribution in [3.8, 4) is 0 Å². The van der Waals surface area contributed by atoms with E-state index in [0.717, 1.165) is 14.5 Å². The van der Waals surface area contributed by atoms with Crippen molar-refractivity contribution in [2.45, 2.75) is 0 Å². The van der Waals surface area contributed by atoms with E-state index in [0.29, 0.717) is 11.1 Å². The number of carboxylic acids is 1. The minimum atomic E-state index is -0.970. The van der Waals surface area contributed by atoms with Gasteiger partial charge in [-0.15, -0.1) is 0 Å². The van der Waals surface area contributed by atoms with E-state index < -0.39 is 5.97 Å². The summed E-state index contributed by atoms with van der Waals surface area (Å²) < 4.78 is 9.33. The molecule has 0 aliphatic heterocycles. The fourth-order valence-electron chi connectivity index (χ4n) is 2.42. The summed E-state index contributed by atoms with van der Waals surface area (Å²) in [6.45, 7) is 0. The van der Waals surface area contributed by atoms with Crippen molar-refractivity contribution >= 4 is 54.8 Å². The molecular formula is C17H12Br2N4O4. The highest BCUT2D eigenvalue weighted by molar-refractivity contribution is 9.11. The average Bonchev–Trinajstić information content (AvgIpc) is 3.27. The predicted molar refractivity (Wildman–Crippen MR) is 104 cm³/mol. The average molecular weight is 496 g/mol. The fraction of sp³-hybridized carbons (Fsp3) is 0.0588. The van der Waals surface area contributed by atoms with E-state index in [1.807, 2.05) is 12.1 Å². The maximum absolute atomic E-state index is 11.3. The molecule has 0 aliphatic carbocycles. The number of esters is 1. The van der Waals surface area contributed by atoms with Crippen LogP contribution in [0.2, 0.25) is 0 Å². The molecule has 1 N–H and O–H groups in total. The molecule has 0 aliphatic rings. The van der Waals surface area contributed by atoms with E-state index >= 15 is 0 Å². The van der Waals surface area contributed by atoms with Gasteiger partial charge in [-0.25, -0.2) is 18.6 Å². The van der Waals surface area contributed by atoms with Crippen LogP contribution in [0.4, 0.5) is 0 Å². The van der Waals surface area contributed by atoms with Crippen molar-refractivity contribution in [3.63, 3.8) is 0 Å². The number of methoxy groups -OCH3 is 1. The molecule has 0 spiro atoms. The number of aromatic nitrogens is 4. The molecule has 27 heavy (non-hydrogen) atoms. The van der Waals surface area contributed by atoms with E-state index in [1.54, 1.807) is 29.0 Å². The van der Waals surface area contributed by atoms with Crippen molar-refractivity contribution in [2.24, 2.45) is 0 Å². The fourth-order valence-corrected chi connectivity index (χ4v) is 3.51. The van der Waals surface area contributed by atoms with Gasteiger partial charge in [-0.1, -0.05) is 0 Å². The van der Waals surface area contributed by atoms with Gasteiger partial charge in [0.05, 0.1) is 30.5 Å². The first kappa shape index (κ1) is 19.1. The van der Waals surface area contributed by atoms with E-state index in [1.165, 1.54) is 24.0 Å². The Labute approximate surface area is 169 Å². The third-order valence-corrected chi connectivity index (χ3v) is 4.90. The molecule has 4 rings (SSSR count). The number of nitrogens with zero attached hydrogens (tertiary/aromatic N) is 4. The first-order valence-corrected chi connectivity index (χ1v) is 9.08. The molecule has 4 heterocycles. The van der Waals surface area contributed by atoms with Crippen LogP contribution in [0.25, 0.3) is 11.0 Å². The molecule has 0 saturated heterocycles. The molecule has 138 valence electrons. The minimum Gasteiger partial charge on any atom is -0.478 e. The molecule has 0 atom stereocenters.